The molecule has 0 radical (unpaired) electrons. The molecule has 1 aromatic carbocycles. The van der Waals surface area contributed by atoms with Gasteiger partial charge < -0.3 is 10.6 Å². The molecular formula is C15H18N4O. The van der Waals surface area contributed by atoms with Gasteiger partial charge >= 0.3 is 0 Å². The summed E-state index contributed by atoms with van der Waals surface area (Å²) in [7, 11) is 0. The maximum absolute atomic E-state index is 12.6. The van der Waals surface area contributed by atoms with Gasteiger partial charge in [-0.1, -0.05) is 32.0 Å². The molecule has 2 heterocycles. The molecule has 1 aromatic heterocycles. The Morgan fingerprint density at radius 3 is 2.85 bits per heavy atom. The summed E-state index contributed by atoms with van der Waals surface area (Å²) in [5, 5.41) is 6.99. The van der Waals surface area contributed by atoms with Crippen molar-refractivity contribution in [2.45, 2.75) is 26.2 Å². The van der Waals surface area contributed by atoms with Crippen LogP contribution in [0.2, 0.25) is 0 Å². The first-order valence-corrected chi connectivity index (χ1v) is 6.83. The second-order valence-electron chi connectivity index (χ2n) is 5.39. The van der Waals surface area contributed by atoms with Gasteiger partial charge in [0, 0.05) is 12.2 Å². The molecule has 0 saturated carbocycles. The fourth-order valence-corrected chi connectivity index (χ4v) is 2.64. The SMILES string of the molecule is CC(C)c1[nH]nc(C(=O)N2CCc3ccccc32)c1N. The molecule has 104 valence electrons. The van der Waals surface area contributed by atoms with Crippen molar-refractivity contribution in [3.8, 4) is 0 Å². The first-order valence-electron chi connectivity index (χ1n) is 6.83. The molecular weight excluding hydrogens is 252 g/mol. The molecule has 0 bridgehead atoms. The van der Waals surface area contributed by atoms with Crippen molar-refractivity contribution in [3.63, 3.8) is 0 Å². The average Bonchev–Trinajstić information content (AvgIpc) is 3.01. The number of rotatable bonds is 2. The van der Waals surface area contributed by atoms with Gasteiger partial charge in [0.05, 0.1) is 11.4 Å². The van der Waals surface area contributed by atoms with Crippen molar-refractivity contribution in [1.29, 1.82) is 0 Å². The number of fused-ring (bicyclic) bond motifs is 1. The van der Waals surface area contributed by atoms with Gasteiger partial charge in [-0.25, -0.2) is 0 Å². The van der Waals surface area contributed by atoms with Gasteiger partial charge in [-0.3, -0.25) is 9.89 Å². The maximum atomic E-state index is 12.6. The molecule has 20 heavy (non-hydrogen) atoms. The number of aromatic amines is 1. The molecule has 0 fully saturated rings. The summed E-state index contributed by atoms with van der Waals surface area (Å²) < 4.78 is 0. The number of nitrogens with one attached hydrogen (secondary N) is 1. The fraction of sp³-hybridized carbons (Fsp3) is 0.333. The number of anilines is 2. The van der Waals surface area contributed by atoms with Gasteiger partial charge in [0.15, 0.2) is 5.69 Å². The Morgan fingerprint density at radius 2 is 2.15 bits per heavy atom. The Balaban J connectivity index is 1.95. The third-order valence-electron chi connectivity index (χ3n) is 3.75. The van der Waals surface area contributed by atoms with E-state index in [2.05, 4.69) is 16.3 Å². The molecule has 3 N–H and O–H groups in total. The number of nitrogens with zero attached hydrogens (tertiary/aromatic N) is 2. The minimum absolute atomic E-state index is 0.129. The first kappa shape index (κ1) is 12.7. The number of H-pyrrole nitrogens is 1. The van der Waals surface area contributed by atoms with Gasteiger partial charge in [0.25, 0.3) is 5.91 Å². The van der Waals surface area contributed by atoms with Crippen LogP contribution in [0.1, 0.15) is 41.5 Å². The standard InChI is InChI=1S/C15H18N4O/c1-9(2)13-12(16)14(18-17-13)15(20)19-8-7-10-5-3-4-6-11(10)19/h3-6,9H,7-8,16H2,1-2H3,(H,17,18). The zero-order valence-electron chi connectivity index (χ0n) is 11.7. The number of carbonyl (C=O) groups excluding carboxylic acids is 1. The Kier molecular flexibility index (Phi) is 2.97. The third-order valence-corrected chi connectivity index (χ3v) is 3.75. The lowest BCUT2D eigenvalue weighted by atomic mass is 10.1. The molecule has 0 atom stereocenters. The van der Waals surface area contributed by atoms with E-state index in [0.29, 0.717) is 17.9 Å². The van der Waals surface area contributed by atoms with Gasteiger partial charge in [0.2, 0.25) is 0 Å². The minimum atomic E-state index is -0.129. The number of nitrogens with two attached hydrogens (primary N) is 1. The van der Waals surface area contributed by atoms with E-state index in [1.165, 1.54) is 5.56 Å². The molecule has 0 aliphatic carbocycles. The summed E-state index contributed by atoms with van der Waals surface area (Å²) in [6, 6.07) is 7.95. The fourth-order valence-electron chi connectivity index (χ4n) is 2.64. The number of hydrogen-bond donors (Lipinski definition) is 2. The monoisotopic (exact) mass is 270 g/mol. The predicted molar refractivity (Wildman–Crippen MR) is 78.9 cm³/mol. The second-order valence-corrected chi connectivity index (χ2v) is 5.39. The van der Waals surface area contributed by atoms with Crippen LogP contribution >= 0.6 is 0 Å². The highest BCUT2D eigenvalue weighted by Crippen LogP contribution is 2.30. The summed E-state index contributed by atoms with van der Waals surface area (Å²) in [4.78, 5) is 14.4. The van der Waals surface area contributed by atoms with E-state index in [-0.39, 0.29) is 11.8 Å². The van der Waals surface area contributed by atoms with Crippen LogP contribution in [0.5, 0.6) is 0 Å². The van der Waals surface area contributed by atoms with Crippen LogP contribution in [0.15, 0.2) is 24.3 Å². The molecule has 0 unspecified atom stereocenters. The highest BCUT2D eigenvalue weighted by Gasteiger charge is 2.29. The predicted octanol–water partition coefficient (Wildman–Crippen LogP) is 2.32. The van der Waals surface area contributed by atoms with Crippen LogP contribution in [0, 0.1) is 0 Å². The number of para-hydroxylation sites is 1. The second kappa shape index (κ2) is 4.67. The summed E-state index contributed by atoms with van der Waals surface area (Å²) in [5.74, 6) is 0.0884. The summed E-state index contributed by atoms with van der Waals surface area (Å²) in [6.07, 6.45) is 0.878. The van der Waals surface area contributed by atoms with Gasteiger partial charge in [0.1, 0.15) is 0 Å². The largest absolute Gasteiger partial charge is 0.395 e. The van der Waals surface area contributed by atoms with Crippen molar-refractivity contribution in [3.05, 3.63) is 41.2 Å². The quantitative estimate of drug-likeness (QED) is 0.879. The van der Waals surface area contributed by atoms with Crippen molar-refractivity contribution in [2.75, 3.05) is 17.2 Å². The number of carbonyl (C=O) groups is 1. The Bertz CT molecular complexity index is 660. The van der Waals surface area contributed by atoms with Crippen LogP contribution in [-0.2, 0) is 6.42 Å². The Labute approximate surface area is 117 Å². The summed E-state index contributed by atoms with van der Waals surface area (Å²) >= 11 is 0. The van der Waals surface area contributed by atoms with Crippen LogP contribution in [-0.4, -0.2) is 22.6 Å². The van der Waals surface area contributed by atoms with Crippen LogP contribution in [0.3, 0.4) is 0 Å². The number of benzene rings is 1. The van der Waals surface area contributed by atoms with E-state index in [1.54, 1.807) is 4.90 Å². The number of nitrogen functional groups attached to an aromatic ring is 1. The lowest BCUT2D eigenvalue weighted by molar-refractivity contribution is 0.0985. The van der Waals surface area contributed by atoms with E-state index >= 15 is 0 Å². The van der Waals surface area contributed by atoms with E-state index in [9.17, 15) is 4.79 Å². The highest BCUT2D eigenvalue weighted by atomic mass is 16.2. The average molecular weight is 270 g/mol. The normalized spacial score (nSPS) is 13.8. The van der Waals surface area contributed by atoms with E-state index in [1.807, 2.05) is 32.0 Å². The first-order chi connectivity index (χ1) is 9.59. The van der Waals surface area contributed by atoms with E-state index in [0.717, 1.165) is 17.8 Å². The zero-order chi connectivity index (χ0) is 14.3. The van der Waals surface area contributed by atoms with Crippen molar-refractivity contribution < 1.29 is 4.79 Å². The van der Waals surface area contributed by atoms with Crippen molar-refractivity contribution >= 4 is 17.3 Å². The van der Waals surface area contributed by atoms with Crippen LogP contribution in [0.4, 0.5) is 11.4 Å². The zero-order valence-corrected chi connectivity index (χ0v) is 11.7. The third kappa shape index (κ3) is 1.86. The van der Waals surface area contributed by atoms with Crippen molar-refractivity contribution in [1.82, 2.24) is 10.2 Å². The lowest BCUT2D eigenvalue weighted by Gasteiger charge is -2.16. The van der Waals surface area contributed by atoms with Gasteiger partial charge in [-0.05, 0) is 24.0 Å². The number of amides is 1. The molecule has 2 aromatic rings. The molecule has 1 aliphatic heterocycles. The summed E-state index contributed by atoms with van der Waals surface area (Å²) in [6.45, 7) is 4.72. The van der Waals surface area contributed by atoms with Gasteiger partial charge in [-0.15, -0.1) is 0 Å². The minimum Gasteiger partial charge on any atom is -0.395 e. The van der Waals surface area contributed by atoms with Crippen LogP contribution < -0.4 is 10.6 Å². The number of hydrogen-bond acceptors (Lipinski definition) is 3. The Morgan fingerprint density at radius 1 is 1.40 bits per heavy atom. The van der Waals surface area contributed by atoms with Gasteiger partial charge in [-0.2, -0.15) is 5.10 Å². The molecule has 1 amide bonds. The lowest BCUT2D eigenvalue weighted by Crippen LogP contribution is -2.29. The maximum Gasteiger partial charge on any atom is 0.280 e. The Hall–Kier alpha value is -2.30. The molecule has 0 spiro atoms. The van der Waals surface area contributed by atoms with Crippen LogP contribution in [0.25, 0.3) is 0 Å². The smallest absolute Gasteiger partial charge is 0.280 e. The number of aromatic nitrogens is 2. The summed E-state index contributed by atoms with van der Waals surface area (Å²) in [5.41, 5.74) is 9.82. The molecule has 3 rings (SSSR count). The molecule has 1 aliphatic rings. The molecule has 0 saturated heterocycles. The molecule has 5 heteroatoms. The molecule has 5 nitrogen and oxygen atoms in total. The highest BCUT2D eigenvalue weighted by molar-refractivity contribution is 6.09. The van der Waals surface area contributed by atoms with E-state index in [4.69, 9.17) is 5.73 Å². The topological polar surface area (TPSA) is 75.0 Å². The van der Waals surface area contributed by atoms with Crippen molar-refractivity contribution in [2.24, 2.45) is 0 Å². The van der Waals surface area contributed by atoms with E-state index < -0.39 is 0 Å².